The standard InChI is InChI=1S/C60H95N13O22S/c1-11-29(6)46(57(91)66-37(60(94)95)18-20-43(79)80)71-51(85)35(17-19-42(77)78)64-49(83)30(7)63-58(92)47(31(8)74)72-52(86)36(21-22-96-10)65-56(90)45(28(4)5)70-55(89)40(26-44(81)82)69-59(93)48(32(9)75)73-54(88)38(23-27(2)3)68-53(87)39(24-33-15-13-12-14-16-33)67-50(84)34(61)25-41(62)76/h12-16,27-32,34-40,45-48,74-75H,11,17-26,61H2,1-10H3,(H2,62,76)(H,63,92)(H,64,83)(H,65,90)(H,66,91)(H,67,84)(H,68,87)(H,69,93)(H,70,89)(H,71,85)(H,72,86)(H,73,88)(H,77,78)(H,79,80)(H,81,82)(H,94,95)/t29-,30-,31+,32+,34-,35-,36-,37-,38-,39-,40-,45-,46-,47-,48-/m0/s1. The number of nitrogens with two attached hydrogens (primary N) is 2. The summed E-state index contributed by atoms with van der Waals surface area (Å²) in [5.74, 6) is -20.6. The van der Waals surface area contributed by atoms with Crippen LogP contribution in [0.3, 0.4) is 0 Å². The summed E-state index contributed by atoms with van der Waals surface area (Å²) in [5, 5.41) is 85.4. The van der Waals surface area contributed by atoms with Gasteiger partial charge in [-0.2, -0.15) is 11.8 Å². The lowest BCUT2D eigenvalue weighted by molar-refractivity contribution is -0.144. The first-order chi connectivity index (χ1) is 44.7. The number of benzene rings is 1. The van der Waals surface area contributed by atoms with Crippen LogP contribution in [0.15, 0.2) is 30.3 Å². The quantitative estimate of drug-likeness (QED) is 0.0292. The molecule has 0 saturated heterocycles. The maximum atomic E-state index is 14.1. The number of aliphatic hydroxyl groups excluding tert-OH is 2. The first-order valence-corrected chi connectivity index (χ1v) is 32.3. The topological polar surface area (TPSA) is 579 Å². The summed E-state index contributed by atoms with van der Waals surface area (Å²) in [6.45, 7) is 12.7. The number of thioether (sulfide) groups is 1. The third kappa shape index (κ3) is 31.0. The Balaban J connectivity index is 3.43. The van der Waals surface area contributed by atoms with Crippen LogP contribution >= 0.6 is 11.8 Å². The van der Waals surface area contributed by atoms with Gasteiger partial charge in [0.25, 0.3) is 0 Å². The van der Waals surface area contributed by atoms with Gasteiger partial charge in [-0.25, -0.2) is 4.79 Å². The average molecular weight is 1380 g/mol. The molecule has 0 aromatic heterocycles. The summed E-state index contributed by atoms with van der Waals surface area (Å²) in [5.41, 5.74) is 11.6. The Hall–Kier alpha value is -9.03. The highest BCUT2D eigenvalue weighted by Gasteiger charge is 2.39. The van der Waals surface area contributed by atoms with Crippen molar-refractivity contribution in [2.45, 2.75) is 211 Å². The van der Waals surface area contributed by atoms with E-state index in [0.29, 0.717) is 5.56 Å². The summed E-state index contributed by atoms with van der Waals surface area (Å²) < 4.78 is 0. The number of carbonyl (C=O) groups excluding carboxylic acids is 12. The Labute approximate surface area is 558 Å². The van der Waals surface area contributed by atoms with Crippen LogP contribution in [0.2, 0.25) is 0 Å². The van der Waals surface area contributed by atoms with Crippen LogP contribution < -0.4 is 70.0 Å². The smallest absolute Gasteiger partial charge is 0.326 e. The maximum absolute atomic E-state index is 14.1. The number of amides is 12. The number of hydrogen-bond donors (Lipinski definition) is 19. The SMILES string of the molecule is CC[C@H](C)[C@H](NC(=O)[C@H](CCC(=O)O)NC(=O)[C@H](C)NC(=O)[C@@H](NC(=O)[C@H](CCSC)NC(=O)[C@@H](NC(=O)[C@H](CC(=O)O)NC(=O)[C@@H](NC(=O)[C@H](CC(C)C)NC(=O)[C@H](Cc1ccccc1)NC(=O)[C@@H](N)CC(N)=O)[C@@H](C)O)C(C)C)[C@@H](C)O)C(=O)N[C@@H](CCC(=O)O)C(=O)O. The molecule has 35 nitrogen and oxygen atoms in total. The summed E-state index contributed by atoms with van der Waals surface area (Å²) >= 11 is 1.22. The van der Waals surface area contributed by atoms with Crippen molar-refractivity contribution >= 4 is 107 Å². The predicted octanol–water partition coefficient (Wildman–Crippen LogP) is -4.66. The zero-order valence-electron chi connectivity index (χ0n) is 55.3. The number of carboxylic acids is 4. The van der Waals surface area contributed by atoms with E-state index in [1.807, 2.05) is 0 Å². The van der Waals surface area contributed by atoms with Gasteiger partial charge in [0.1, 0.15) is 66.5 Å². The van der Waals surface area contributed by atoms with Crippen molar-refractivity contribution in [2.75, 3.05) is 12.0 Å². The van der Waals surface area contributed by atoms with E-state index >= 15 is 0 Å². The Morgan fingerprint density at radius 2 is 0.854 bits per heavy atom. The number of rotatable bonds is 45. The van der Waals surface area contributed by atoms with Gasteiger partial charge in [-0.05, 0) is 81.8 Å². The number of carbonyl (C=O) groups is 16. The lowest BCUT2D eigenvalue weighted by atomic mass is 9.96. The largest absolute Gasteiger partial charge is 0.481 e. The van der Waals surface area contributed by atoms with Crippen LogP contribution in [0.5, 0.6) is 0 Å². The van der Waals surface area contributed by atoms with Crippen LogP contribution in [-0.4, -0.2) is 222 Å². The van der Waals surface area contributed by atoms with Gasteiger partial charge in [0.2, 0.25) is 70.9 Å². The second-order valence-electron chi connectivity index (χ2n) is 23.8. The second kappa shape index (κ2) is 42.4. The highest BCUT2D eigenvalue weighted by atomic mass is 32.2. The van der Waals surface area contributed by atoms with Crippen LogP contribution in [-0.2, 0) is 83.1 Å². The minimum Gasteiger partial charge on any atom is -0.481 e. The van der Waals surface area contributed by atoms with Crippen molar-refractivity contribution in [1.29, 1.82) is 0 Å². The molecule has 0 spiro atoms. The molecule has 96 heavy (non-hydrogen) atoms. The number of nitrogens with one attached hydrogen (secondary N) is 11. The molecule has 1 rings (SSSR count). The number of primary amides is 1. The average Bonchev–Trinajstić information content (AvgIpc) is 0.925. The van der Waals surface area contributed by atoms with Crippen molar-refractivity contribution in [2.24, 2.45) is 29.2 Å². The molecule has 1 aromatic carbocycles. The molecule has 12 amide bonds. The van der Waals surface area contributed by atoms with Gasteiger partial charge >= 0.3 is 23.9 Å². The Morgan fingerprint density at radius 1 is 0.448 bits per heavy atom. The summed E-state index contributed by atoms with van der Waals surface area (Å²) in [6.07, 6.45) is -6.07. The predicted molar refractivity (Wildman–Crippen MR) is 343 cm³/mol. The fourth-order valence-corrected chi connectivity index (χ4v) is 9.56. The number of aliphatic carboxylic acids is 4. The molecule has 0 unspecified atom stereocenters. The molecule has 0 aliphatic heterocycles. The van der Waals surface area contributed by atoms with E-state index in [9.17, 15) is 102 Å². The Bertz CT molecular complexity index is 2880. The third-order valence-electron chi connectivity index (χ3n) is 14.7. The van der Waals surface area contributed by atoms with Gasteiger partial charge in [0, 0.05) is 19.3 Å². The fourth-order valence-electron chi connectivity index (χ4n) is 9.09. The molecule has 1 aromatic rings. The van der Waals surface area contributed by atoms with E-state index in [4.69, 9.17) is 16.6 Å². The molecule has 15 atom stereocenters. The summed E-state index contributed by atoms with van der Waals surface area (Å²) in [4.78, 5) is 210. The van der Waals surface area contributed by atoms with E-state index in [-0.39, 0.29) is 37.4 Å². The highest BCUT2D eigenvalue weighted by molar-refractivity contribution is 7.98. The molecule has 0 aliphatic rings. The number of carboxylic acid groups (broad SMARTS) is 4. The first-order valence-electron chi connectivity index (χ1n) is 30.9. The molecular weight excluding hydrogens is 1290 g/mol. The van der Waals surface area contributed by atoms with E-state index in [1.165, 1.54) is 32.5 Å². The molecule has 0 saturated carbocycles. The van der Waals surface area contributed by atoms with Crippen LogP contribution in [0.25, 0.3) is 0 Å². The zero-order valence-corrected chi connectivity index (χ0v) is 56.1. The Morgan fingerprint density at radius 3 is 1.32 bits per heavy atom. The monoisotopic (exact) mass is 1380 g/mol. The molecule has 21 N–H and O–H groups in total. The number of hydrogen-bond acceptors (Lipinski definition) is 20. The van der Waals surface area contributed by atoms with Gasteiger partial charge in [0.05, 0.1) is 31.1 Å². The minimum atomic E-state index is -2.02. The van der Waals surface area contributed by atoms with E-state index in [0.717, 1.165) is 20.8 Å². The van der Waals surface area contributed by atoms with Crippen LogP contribution in [0.4, 0.5) is 0 Å². The van der Waals surface area contributed by atoms with E-state index in [2.05, 4.69) is 58.5 Å². The molecule has 0 aliphatic carbocycles. The van der Waals surface area contributed by atoms with Crippen molar-refractivity contribution in [3.05, 3.63) is 35.9 Å². The normalized spacial score (nSPS) is 15.9. The van der Waals surface area contributed by atoms with Gasteiger partial charge < -0.3 is 101 Å². The van der Waals surface area contributed by atoms with Crippen molar-refractivity contribution in [3.8, 4) is 0 Å². The molecule has 36 heteroatoms. The number of aliphatic hydroxyl groups is 2. The summed E-state index contributed by atoms with van der Waals surface area (Å²) in [7, 11) is 0. The molecule has 0 fully saturated rings. The van der Waals surface area contributed by atoms with Crippen molar-refractivity contribution < 1.29 is 107 Å². The van der Waals surface area contributed by atoms with Gasteiger partial charge in [-0.3, -0.25) is 71.9 Å². The molecular formula is C60H95N13O22S. The van der Waals surface area contributed by atoms with Crippen LogP contribution in [0, 0.1) is 17.8 Å². The van der Waals surface area contributed by atoms with Crippen molar-refractivity contribution in [3.63, 3.8) is 0 Å². The molecule has 0 bridgehead atoms. The summed E-state index contributed by atoms with van der Waals surface area (Å²) in [6, 6.07) is -11.4. The van der Waals surface area contributed by atoms with E-state index < -0.39 is 230 Å². The molecule has 538 valence electrons. The van der Waals surface area contributed by atoms with Crippen LogP contribution in [0.1, 0.15) is 126 Å². The van der Waals surface area contributed by atoms with Gasteiger partial charge in [0.15, 0.2) is 0 Å². The van der Waals surface area contributed by atoms with Crippen molar-refractivity contribution in [1.82, 2.24) is 58.5 Å². The lowest BCUT2D eigenvalue weighted by Gasteiger charge is -2.30. The van der Waals surface area contributed by atoms with Gasteiger partial charge in [-0.1, -0.05) is 78.3 Å². The second-order valence-corrected chi connectivity index (χ2v) is 24.8. The minimum absolute atomic E-state index is 0.0839. The highest BCUT2D eigenvalue weighted by Crippen LogP contribution is 2.15. The third-order valence-corrected chi connectivity index (χ3v) is 15.4. The first kappa shape index (κ1) is 85.0. The molecule has 0 heterocycles. The fraction of sp³-hybridized carbons (Fsp3) is 0.633. The Kier molecular flexibility index (Phi) is 37.5. The lowest BCUT2D eigenvalue weighted by Crippen LogP contribution is -2.63. The molecule has 0 radical (unpaired) electrons. The maximum Gasteiger partial charge on any atom is 0.326 e. The van der Waals surface area contributed by atoms with E-state index in [1.54, 1.807) is 57.4 Å². The van der Waals surface area contributed by atoms with Gasteiger partial charge in [-0.15, -0.1) is 0 Å². The zero-order chi connectivity index (χ0) is 73.4.